The number of thiophene rings is 1. The first-order valence-corrected chi connectivity index (χ1v) is 9.04. The fourth-order valence-electron chi connectivity index (χ4n) is 1.22. The lowest BCUT2D eigenvalue weighted by atomic mass is 10.5. The topological polar surface area (TPSA) is 101 Å². The summed E-state index contributed by atoms with van der Waals surface area (Å²) in [5, 5.41) is 10.3. The number of hydrogen-bond donors (Lipinski definition) is 2. The third kappa shape index (κ3) is 4.16. The molecule has 0 aliphatic carbocycles. The van der Waals surface area contributed by atoms with E-state index in [9.17, 15) is 17.4 Å². The molecule has 1 aromatic heterocycles. The van der Waals surface area contributed by atoms with Crippen molar-refractivity contribution in [2.75, 3.05) is 18.6 Å². The van der Waals surface area contributed by atoms with E-state index in [4.69, 9.17) is 5.11 Å². The predicted molar refractivity (Wildman–Crippen MR) is 70.0 cm³/mol. The molecule has 0 spiro atoms. The van der Waals surface area contributed by atoms with Gasteiger partial charge in [0.15, 0.2) is 0 Å². The molecule has 1 heterocycles. The number of carbonyl (C=O) groups is 1. The van der Waals surface area contributed by atoms with Crippen molar-refractivity contribution in [2.24, 2.45) is 0 Å². The largest absolute Gasteiger partial charge is 0.477 e. The summed E-state index contributed by atoms with van der Waals surface area (Å²) in [4.78, 5) is 10.4. The summed E-state index contributed by atoms with van der Waals surface area (Å²) in [6, 6.07) is 1.26. The average molecular weight is 311 g/mol. The summed E-state index contributed by atoms with van der Waals surface area (Å²) in [5.74, 6) is -0.863. The monoisotopic (exact) mass is 311 g/mol. The minimum atomic E-state index is -3.81. The molecule has 6 nitrogen and oxygen atoms in total. The maximum Gasteiger partial charge on any atom is 0.347 e. The Morgan fingerprint density at radius 3 is 2.78 bits per heavy atom. The number of sulfonamides is 1. The van der Waals surface area contributed by atoms with Crippen LogP contribution in [0.5, 0.6) is 0 Å². The van der Waals surface area contributed by atoms with Gasteiger partial charge in [0.25, 0.3) is 0 Å². The Balaban J connectivity index is 2.72. The number of carboxylic acid groups (broad SMARTS) is 1. The molecule has 1 rings (SSSR count). The number of aromatic carboxylic acids is 1. The first kappa shape index (κ1) is 15.3. The molecule has 0 bridgehead atoms. The van der Waals surface area contributed by atoms with Gasteiger partial charge in [0.2, 0.25) is 10.0 Å². The second-order valence-electron chi connectivity index (χ2n) is 3.45. The van der Waals surface area contributed by atoms with Crippen molar-refractivity contribution >= 4 is 38.1 Å². The van der Waals surface area contributed by atoms with E-state index in [0.717, 1.165) is 11.3 Å². The number of hydrogen-bond acceptors (Lipinski definition) is 5. The van der Waals surface area contributed by atoms with Crippen molar-refractivity contribution in [3.63, 3.8) is 0 Å². The summed E-state index contributed by atoms with van der Waals surface area (Å²) in [6.45, 7) is 0.136. The predicted octanol–water partition coefficient (Wildman–Crippen LogP) is 0.493. The second kappa shape index (κ2) is 6.41. The minimum absolute atomic E-state index is 0.136. The summed E-state index contributed by atoms with van der Waals surface area (Å²) in [6.07, 6.45) is 1.98. The summed E-state index contributed by atoms with van der Waals surface area (Å²) in [5.41, 5.74) is 0. The number of rotatable bonds is 7. The van der Waals surface area contributed by atoms with Crippen LogP contribution in [0.1, 0.15) is 16.1 Å². The van der Waals surface area contributed by atoms with Gasteiger partial charge in [-0.3, -0.25) is 4.21 Å². The fraction of sp³-hybridized carbons (Fsp3) is 0.444. The van der Waals surface area contributed by atoms with E-state index < -0.39 is 26.8 Å². The van der Waals surface area contributed by atoms with Crippen LogP contribution in [0.15, 0.2) is 16.3 Å². The quantitative estimate of drug-likeness (QED) is 0.714. The molecule has 0 aliphatic heterocycles. The van der Waals surface area contributed by atoms with Crippen LogP contribution in [0, 0.1) is 0 Å². The Kier molecular flexibility index (Phi) is 5.45. The Morgan fingerprint density at radius 2 is 2.22 bits per heavy atom. The minimum Gasteiger partial charge on any atom is -0.477 e. The normalized spacial score (nSPS) is 13.4. The van der Waals surface area contributed by atoms with Crippen LogP contribution in [-0.4, -0.2) is 42.3 Å². The zero-order chi connectivity index (χ0) is 13.8. The molecule has 0 fully saturated rings. The molecule has 0 aliphatic rings. The highest BCUT2D eigenvalue weighted by Crippen LogP contribution is 2.21. The zero-order valence-corrected chi connectivity index (χ0v) is 12.0. The molecule has 0 radical (unpaired) electrons. The van der Waals surface area contributed by atoms with Crippen molar-refractivity contribution < 1.29 is 22.5 Å². The Labute approximate surface area is 112 Å². The molecular weight excluding hydrogens is 298 g/mol. The molecule has 18 heavy (non-hydrogen) atoms. The third-order valence-corrected chi connectivity index (χ3v) is 5.41. The van der Waals surface area contributed by atoms with E-state index in [1.807, 2.05) is 0 Å². The van der Waals surface area contributed by atoms with Crippen LogP contribution in [0.2, 0.25) is 0 Å². The van der Waals surface area contributed by atoms with Gasteiger partial charge in [-0.25, -0.2) is 17.9 Å². The smallest absolute Gasteiger partial charge is 0.347 e. The molecule has 0 amide bonds. The van der Waals surface area contributed by atoms with E-state index in [1.165, 1.54) is 17.7 Å². The van der Waals surface area contributed by atoms with Crippen molar-refractivity contribution in [1.29, 1.82) is 0 Å². The van der Waals surface area contributed by atoms with Gasteiger partial charge < -0.3 is 5.11 Å². The van der Waals surface area contributed by atoms with Crippen molar-refractivity contribution in [1.82, 2.24) is 4.72 Å². The molecular formula is C9H13NO5S3. The molecule has 0 aromatic carbocycles. The van der Waals surface area contributed by atoms with Gasteiger partial charge in [-0.2, -0.15) is 0 Å². The molecule has 1 aromatic rings. The van der Waals surface area contributed by atoms with E-state index in [0.29, 0.717) is 12.2 Å². The highest BCUT2D eigenvalue weighted by atomic mass is 32.2. The molecule has 0 saturated heterocycles. The van der Waals surface area contributed by atoms with Crippen LogP contribution in [0.3, 0.4) is 0 Å². The highest BCUT2D eigenvalue weighted by Gasteiger charge is 2.23. The maximum atomic E-state index is 11.8. The van der Waals surface area contributed by atoms with Gasteiger partial charge in [-0.1, -0.05) is 0 Å². The first-order valence-electron chi connectivity index (χ1n) is 4.95. The number of nitrogens with one attached hydrogen (secondary N) is 1. The van der Waals surface area contributed by atoms with E-state index in [1.54, 1.807) is 0 Å². The van der Waals surface area contributed by atoms with Gasteiger partial charge in [0.1, 0.15) is 9.77 Å². The lowest BCUT2D eigenvalue weighted by Crippen LogP contribution is -2.26. The zero-order valence-electron chi connectivity index (χ0n) is 9.58. The molecule has 2 N–H and O–H groups in total. The maximum absolute atomic E-state index is 11.8. The molecule has 102 valence electrons. The average Bonchev–Trinajstić information content (AvgIpc) is 2.73. The molecule has 0 saturated carbocycles. The van der Waals surface area contributed by atoms with Crippen LogP contribution < -0.4 is 4.72 Å². The van der Waals surface area contributed by atoms with Crippen LogP contribution in [0.25, 0.3) is 0 Å². The Hall–Kier alpha value is -0.770. The summed E-state index contributed by atoms with van der Waals surface area (Å²) in [7, 11) is -4.78. The van der Waals surface area contributed by atoms with Crippen LogP contribution in [0.4, 0.5) is 0 Å². The standard InChI is InChI=1S/C9H13NO5S3/c1-17(13)6-2-4-10-18(14,15)7-3-5-16-8(7)9(11)12/h3,5,10H,2,4,6H2,1H3,(H,11,12). The van der Waals surface area contributed by atoms with Crippen LogP contribution >= 0.6 is 11.3 Å². The third-order valence-electron chi connectivity index (χ3n) is 2.01. The molecule has 9 heteroatoms. The number of carboxylic acids is 1. The van der Waals surface area contributed by atoms with E-state index in [2.05, 4.69) is 4.72 Å². The lowest BCUT2D eigenvalue weighted by molar-refractivity contribution is 0.0698. The SMILES string of the molecule is CS(=O)CCCNS(=O)(=O)c1ccsc1C(=O)O. The van der Waals surface area contributed by atoms with Gasteiger partial charge in [-0.15, -0.1) is 11.3 Å². The first-order chi connectivity index (χ1) is 8.34. The Morgan fingerprint density at radius 1 is 1.56 bits per heavy atom. The molecule has 1 unspecified atom stereocenters. The summed E-state index contributed by atoms with van der Waals surface area (Å²) < 4.78 is 36.7. The van der Waals surface area contributed by atoms with E-state index >= 15 is 0 Å². The van der Waals surface area contributed by atoms with Crippen molar-refractivity contribution in [3.05, 3.63) is 16.3 Å². The highest BCUT2D eigenvalue weighted by molar-refractivity contribution is 7.89. The van der Waals surface area contributed by atoms with Gasteiger partial charge in [-0.05, 0) is 17.9 Å². The van der Waals surface area contributed by atoms with Gasteiger partial charge in [0, 0.05) is 29.4 Å². The van der Waals surface area contributed by atoms with E-state index in [-0.39, 0.29) is 16.3 Å². The van der Waals surface area contributed by atoms with Gasteiger partial charge in [0.05, 0.1) is 0 Å². The van der Waals surface area contributed by atoms with Crippen molar-refractivity contribution in [3.8, 4) is 0 Å². The molecule has 1 atom stereocenters. The van der Waals surface area contributed by atoms with Gasteiger partial charge >= 0.3 is 5.97 Å². The van der Waals surface area contributed by atoms with Crippen LogP contribution in [-0.2, 0) is 20.8 Å². The second-order valence-corrected chi connectivity index (χ2v) is 7.65. The Bertz CT molecular complexity index is 548. The fourth-order valence-corrected chi connectivity index (χ4v) is 4.11. The van der Waals surface area contributed by atoms with Crippen molar-refractivity contribution in [2.45, 2.75) is 11.3 Å². The lowest BCUT2D eigenvalue weighted by Gasteiger charge is -2.05. The summed E-state index contributed by atoms with van der Waals surface area (Å²) >= 11 is 0.861.